The predicted molar refractivity (Wildman–Crippen MR) is 132 cm³/mol. The van der Waals surface area contributed by atoms with Gasteiger partial charge in [-0.25, -0.2) is 0 Å². The molecule has 6 nitrogen and oxygen atoms in total. The molecule has 4 aliphatic carbocycles. The van der Waals surface area contributed by atoms with Crippen LogP contribution in [0.2, 0.25) is 0 Å². The van der Waals surface area contributed by atoms with Crippen LogP contribution >= 0.6 is 0 Å². The van der Waals surface area contributed by atoms with Crippen LogP contribution in [0.5, 0.6) is 0 Å². The van der Waals surface area contributed by atoms with Gasteiger partial charge in [-0.05, 0) is 120 Å². The molecule has 0 aromatic heterocycles. The number of amides is 1. The summed E-state index contributed by atoms with van der Waals surface area (Å²) in [6, 6.07) is 0. The van der Waals surface area contributed by atoms with E-state index in [4.69, 9.17) is 10.5 Å². The van der Waals surface area contributed by atoms with Gasteiger partial charge in [0.15, 0.2) is 0 Å². The molecule has 8 atom stereocenters. The van der Waals surface area contributed by atoms with E-state index in [1.54, 1.807) is 20.8 Å². The minimum Gasteiger partial charge on any atom is -0.458 e. The normalized spacial score (nSPS) is 43.8. The maximum Gasteiger partial charge on any atom is 0.325 e. The minimum atomic E-state index is -1.02. The molecule has 0 aromatic carbocycles. The van der Waals surface area contributed by atoms with Gasteiger partial charge in [0, 0.05) is 5.92 Å². The van der Waals surface area contributed by atoms with Crippen molar-refractivity contribution in [3.8, 4) is 0 Å². The molecule has 4 aliphatic rings. The summed E-state index contributed by atoms with van der Waals surface area (Å²) in [6.07, 6.45) is 9.94. The number of hydrogen-bond acceptors (Lipinski definition) is 5. The summed E-state index contributed by atoms with van der Waals surface area (Å²) in [6.45, 7) is 11.9. The van der Waals surface area contributed by atoms with E-state index in [0.29, 0.717) is 23.5 Å². The van der Waals surface area contributed by atoms with Gasteiger partial charge in [-0.1, -0.05) is 13.8 Å². The van der Waals surface area contributed by atoms with Crippen molar-refractivity contribution in [2.24, 2.45) is 46.2 Å². The van der Waals surface area contributed by atoms with E-state index in [1.165, 1.54) is 32.1 Å². The van der Waals surface area contributed by atoms with E-state index >= 15 is 0 Å². The van der Waals surface area contributed by atoms with E-state index in [0.717, 1.165) is 31.6 Å². The lowest BCUT2D eigenvalue weighted by Gasteiger charge is -2.62. The summed E-state index contributed by atoms with van der Waals surface area (Å²) >= 11 is 0. The predicted octanol–water partition coefficient (Wildman–Crippen LogP) is 4.39. The van der Waals surface area contributed by atoms with Gasteiger partial charge < -0.3 is 15.8 Å². The molecule has 0 aliphatic heterocycles. The highest BCUT2D eigenvalue weighted by molar-refractivity contribution is 5.88. The molecule has 34 heavy (non-hydrogen) atoms. The smallest absolute Gasteiger partial charge is 0.325 e. The molecule has 0 saturated heterocycles. The molecular formula is C28H46N2O4. The fourth-order valence-corrected chi connectivity index (χ4v) is 8.87. The Bertz CT molecular complexity index is 850. The second kappa shape index (κ2) is 8.60. The largest absolute Gasteiger partial charge is 0.458 e. The Hall–Kier alpha value is -1.43. The molecule has 1 amide bonds. The van der Waals surface area contributed by atoms with Crippen LogP contribution in [0.4, 0.5) is 0 Å². The average molecular weight is 475 g/mol. The summed E-state index contributed by atoms with van der Waals surface area (Å²) in [5.74, 6) is 2.58. The maximum atomic E-state index is 12.6. The summed E-state index contributed by atoms with van der Waals surface area (Å²) in [7, 11) is 0. The molecule has 0 aromatic rings. The van der Waals surface area contributed by atoms with Crippen molar-refractivity contribution in [2.45, 2.75) is 110 Å². The number of hydrogen-bond donors (Lipinski definition) is 2. The van der Waals surface area contributed by atoms with Crippen molar-refractivity contribution in [3.63, 3.8) is 0 Å². The highest BCUT2D eigenvalue weighted by atomic mass is 16.6. The van der Waals surface area contributed by atoms with Crippen molar-refractivity contribution in [1.29, 1.82) is 0 Å². The van der Waals surface area contributed by atoms with Crippen LogP contribution < -0.4 is 11.1 Å². The van der Waals surface area contributed by atoms with E-state index in [1.807, 2.05) is 0 Å². The Morgan fingerprint density at radius 1 is 0.941 bits per heavy atom. The van der Waals surface area contributed by atoms with E-state index in [2.05, 4.69) is 26.1 Å². The number of Topliss-reactive ketones (excluding diaryl/α,β-unsaturated/α-hetero) is 1. The van der Waals surface area contributed by atoms with Gasteiger partial charge in [-0.15, -0.1) is 0 Å². The zero-order valence-electron chi connectivity index (χ0n) is 22.2. The first-order valence-electron chi connectivity index (χ1n) is 13.5. The molecule has 0 unspecified atom stereocenters. The third-order valence-electron chi connectivity index (χ3n) is 10.8. The van der Waals surface area contributed by atoms with E-state index < -0.39 is 11.1 Å². The fourth-order valence-electron chi connectivity index (χ4n) is 8.87. The van der Waals surface area contributed by atoms with Gasteiger partial charge in [0.2, 0.25) is 5.91 Å². The third-order valence-corrected chi connectivity index (χ3v) is 10.8. The van der Waals surface area contributed by atoms with Gasteiger partial charge in [-0.2, -0.15) is 0 Å². The third kappa shape index (κ3) is 4.33. The minimum absolute atomic E-state index is 0.140. The van der Waals surface area contributed by atoms with Crippen molar-refractivity contribution in [1.82, 2.24) is 5.32 Å². The molecule has 6 heteroatoms. The van der Waals surface area contributed by atoms with Gasteiger partial charge in [-0.3, -0.25) is 14.4 Å². The van der Waals surface area contributed by atoms with Crippen LogP contribution in [-0.2, 0) is 19.1 Å². The maximum absolute atomic E-state index is 12.6. The van der Waals surface area contributed by atoms with Crippen LogP contribution in [0.3, 0.4) is 0 Å². The number of nitrogens with two attached hydrogens (primary N) is 1. The van der Waals surface area contributed by atoms with Crippen molar-refractivity contribution in [2.75, 3.05) is 6.54 Å². The quantitative estimate of drug-likeness (QED) is 0.576. The Morgan fingerprint density at radius 2 is 1.62 bits per heavy atom. The first kappa shape index (κ1) is 25.7. The monoisotopic (exact) mass is 474 g/mol. The van der Waals surface area contributed by atoms with Gasteiger partial charge in [0.1, 0.15) is 17.9 Å². The fraction of sp³-hybridized carbons (Fsp3) is 0.893. The molecule has 4 fully saturated rings. The SMILES string of the molecule is CC(=O)[C@H]1CC[C@H]2[C@@H]3CC[C@H]4C[C@](C)(OC(=O)CNC(=O)C(C)(C)N)CC[C@]4(C)[C@H]3CC[C@]12C. The molecule has 3 N–H and O–H groups in total. The van der Waals surface area contributed by atoms with Gasteiger partial charge >= 0.3 is 5.97 Å². The van der Waals surface area contributed by atoms with Crippen LogP contribution in [0, 0.1) is 40.4 Å². The summed E-state index contributed by atoms with van der Waals surface area (Å²) in [4.78, 5) is 36.9. The second-order valence-electron chi connectivity index (χ2n) is 13.5. The van der Waals surface area contributed by atoms with Gasteiger partial charge in [0.05, 0.1) is 5.54 Å². The molecule has 0 heterocycles. The summed E-state index contributed by atoms with van der Waals surface area (Å²) in [5.41, 5.74) is 4.77. The number of ketones is 1. The molecule has 4 rings (SSSR count). The van der Waals surface area contributed by atoms with Gasteiger partial charge in [0.25, 0.3) is 0 Å². The van der Waals surface area contributed by atoms with Crippen molar-refractivity contribution in [3.05, 3.63) is 0 Å². The molecule has 0 bridgehead atoms. The lowest BCUT2D eigenvalue weighted by atomic mass is 9.44. The lowest BCUT2D eigenvalue weighted by molar-refractivity contribution is -0.180. The van der Waals surface area contributed by atoms with Crippen LogP contribution in [0.15, 0.2) is 0 Å². The zero-order chi connectivity index (χ0) is 25.1. The standard InChI is InChI=1S/C28H46N2O4/c1-17(31)20-9-10-21-19-8-7-18-15-26(4,34-23(32)16-30-24(33)25(2,3)29)13-14-27(18,5)22(19)11-12-28(20,21)6/h18-22H,7-16,29H2,1-6H3,(H,30,33)/t18-,19-,20+,21-,22-,26+,27-,28+/m0/s1. The molecule has 0 spiro atoms. The highest BCUT2D eigenvalue weighted by Gasteiger charge is 2.61. The lowest BCUT2D eigenvalue weighted by Crippen LogP contribution is -2.56. The second-order valence-corrected chi connectivity index (χ2v) is 13.5. The first-order valence-corrected chi connectivity index (χ1v) is 13.5. The zero-order valence-corrected chi connectivity index (χ0v) is 22.2. The number of esters is 1. The van der Waals surface area contributed by atoms with Crippen LogP contribution in [0.25, 0.3) is 0 Å². The number of carbonyl (C=O) groups is 3. The van der Waals surface area contributed by atoms with Crippen LogP contribution in [0.1, 0.15) is 99.3 Å². The van der Waals surface area contributed by atoms with Crippen molar-refractivity contribution >= 4 is 17.7 Å². The molecule has 4 saturated carbocycles. The number of ether oxygens (including phenoxy) is 1. The van der Waals surface area contributed by atoms with E-state index in [9.17, 15) is 14.4 Å². The Morgan fingerprint density at radius 3 is 2.26 bits per heavy atom. The number of nitrogens with one attached hydrogen (secondary N) is 1. The average Bonchev–Trinajstić information content (AvgIpc) is 3.09. The molecule has 192 valence electrons. The first-order chi connectivity index (χ1) is 15.7. The number of carbonyl (C=O) groups excluding carboxylic acids is 3. The summed E-state index contributed by atoms with van der Waals surface area (Å²) < 4.78 is 5.97. The highest BCUT2D eigenvalue weighted by Crippen LogP contribution is 2.68. The molecule has 0 radical (unpaired) electrons. The summed E-state index contributed by atoms with van der Waals surface area (Å²) in [5, 5.41) is 2.60. The van der Waals surface area contributed by atoms with Crippen LogP contribution in [-0.4, -0.2) is 35.3 Å². The molecular weight excluding hydrogens is 428 g/mol. The van der Waals surface area contributed by atoms with E-state index in [-0.39, 0.29) is 35.2 Å². The Labute approximate surface area is 205 Å². The number of fused-ring (bicyclic) bond motifs is 5. The topological polar surface area (TPSA) is 98.5 Å². The number of rotatable bonds is 5. The Balaban J connectivity index is 1.40. The Kier molecular flexibility index (Phi) is 6.49. The van der Waals surface area contributed by atoms with Crippen molar-refractivity contribution < 1.29 is 19.1 Å².